The number of aliphatic hydroxyl groups excluding tert-OH is 1. The highest BCUT2D eigenvalue weighted by Gasteiger charge is 2.17. The quantitative estimate of drug-likeness (QED) is 0.404. The Morgan fingerprint density at radius 3 is 2.59 bits per heavy atom. The molecule has 0 spiro atoms. The van der Waals surface area contributed by atoms with Crippen molar-refractivity contribution >= 4 is 6.29 Å². The minimum atomic E-state index is -0.764. The molecular formula is C25H29NO6. The van der Waals surface area contributed by atoms with Gasteiger partial charge in [-0.2, -0.15) is 0 Å². The van der Waals surface area contributed by atoms with E-state index in [9.17, 15) is 9.90 Å². The summed E-state index contributed by atoms with van der Waals surface area (Å²) >= 11 is 0. The summed E-state index contributed by atoms with van der Waals surface area (Å²) < 4.78 is 22.4. The third kappa shape index (κ3) is 6.60. The van der Waals surface area contributed by atoms with Crippen molar-refractivity contribution in [1.29, 1.82) is 0 Å². The number of rotatable bonds is 13. The predicted octanol–water partition coefficient (Wildman–Crippen LogP) is 3.94. The van der Waals surface area contributed by atoms with Crippen LogP contribution in [0.1, 0.15) is 28.6 Å². The molecule has 0 aliphatic rings. The van der Waals surface area contributed by atoms with Gasteiger partial charge in [0, 0.05) is 24.2 Å². The highest BCUT2D eigenvalue weighted by molar-refractivity contribution is 5.76. The Labute approximate surface area is 188 Å². The molecule has 1 aromatic heterocycles. The van der Waals surface area contributed by atoms with E-state index in [1.807, 2.05) is 43.3 Å². The SMILES string of the molecule is CCOc1cc(C=O)ccc1OCC(O)CN(Cc1ccco1)Cc1ccccc1OC. The standard InChI is InChI=1S/C25H29NO6/c1-3-30-25-13-19(17-27)10-11-24(25)32-18-21(28)15-26(16-22-8-6-12-31-22)14-20-7-4-5-9-23(20)29-2/h4-13,17,21,28H,3,14-16,18H2,1-2H3. The van der Waals surface area contributed by atoms with E-state index in [0.717, 1.165) is 23.4 Å². The number of methoxy groups -OCH3 is 1. The van der Waals surface area contributed by atoms with Crippen molar-refractivity contribution in [2.75, 3.05) is 26.9 Å². The molecule has 7 heteroatoms. The Hall–Kier alpha value is -3.29. The average Bonchev–Trinajstić information content (AvgIpc) is 3.31. The van der Waals surface area contributed by atoms with Crippen molar-refractivity contribution in [3.05, 3.63) is 77.7 Å². The normalized spacial score (nSPS) is 11.9. The van der Waals surface area contributed by atoms with Crippen LogP contribution in [0.4, 0.5) is 0 Å². The van der Waals surface area contributed by atoms with Gasteiger partial charge in [0.05, 0.1) is 26.5 Å². The number of hydrogen-bond donors (Lipinski definition) is 1. The van der Waals surface area contributed by atoms with E-state index in [1.54, 1.807) is 31.6 Å². The summed E-state index contributed by atoms with van der Waals surface area (Å²) in [6, 6.07) is 16.5. The number of para-hydroxylation sites is 1. The molecule has 0 aliphatic carbocycles. The van der Waals surface area contributed by atoms with E-state index in [-0.39, 0.29) is 6.61 Å². The molecule has 1 N–H and O–H groups in total. The first-order chi connectivity index (χ1) is 15.6. The van der Waals surface area contributed by atoms with Crippen LogP contribution in [0.2, 0.25) is 0 Å². The topological polar surface area (TPSA) is 81.4 Å². The molecule has 32 heavy (non-hydrogen) atoms. The van der Waals surface area contributed by atoms with Gasteiger partial charge in [-0.3, -0.25) is 9.69 Å². The molecule has 7 nitrogen and oxygen atoms in total. The molecule has 1 atom stereocenters. The van der Waals surface area contributed by atoms with Gasteiger partial charge in [0.1, 0.15) is 30.5 Å². The molecule has 0 radical (unpaired) electrons. The number of benzene rings is 2. The van der Waals surface area contributed by atoms with Crippen LogP contribution in [0.5, 0.6) is 17.2 Å². The van der Waals surface area contributed by atoms with Gasteiger partial charge in [-0.05, 0) is 43.3 Å². The van der Waals surface area contributed by atoms with Crippen LogP contribution in [0.15, 0.2) is 65.3 Å². The number of hydrogen-bond acceptors (Lipinski definition) is 7. The van der Waals surface area contributed by atoms with Crippen molar-refractivity contribution in [2.45, 2.75) is 26.1 Å². The highest BCUT2D eigenvalue weighted by atomic mass is 16.5. The third-order valence-corrected chi connectivity index (χ3v) is 4.85. The number of aliphatic hydroxyl groups is 1. The van der Waals surface area contributed by atoms with Crippen molar-refractivity contribution in [3.8, 4) is 17.2 Å². The van der Waals surface area contributed by atoms with Crippen molar-refractivity contribution in [3.63, 3.8) is 0 Å². The maximum atomic E-state index is 11.0. The molecule has 3 rings (SSSR count). The third-order valence-electron chi connectivity index (χ3n) is 4.85. The number of ether oxygens (including phenoxy) is 3. The van der Waals surface area contributed by atoms with E-state index < -0.39 is 6.10 Å². The monoisotopic (exact) mass is 439 g/mol. The van der Waals surface area contributed by atoms with Gasteiger partial charge in [0.25, 0.3) is 0 Å². The fraction of sp³-hybridized carbons (Fsp3) is 0.320. The van der Waals surface area contributed by atoms with Crippen LogP contribution in [0.25, 0.3) is 0 Å². The van der Waals surface area contributed by atoms with Gasteiger partial charge in [0.15, 0.2) is 11.5 Å². The van der Waals surface area contributed by atoms with E-state index in [4.69, 9.17) is 18.6 Å². The van der Waals surface area contributed by atoms with Gasteiger partial charge < -0.3 is 23.7 Å². The molecule has 2 aromatic carbocycles. The minimum absolute atomic E-state index is 0.0705. The Balaban J connectivity index is 1.67. The Kier molecular flexibility index (Phi) is 8.71. The van der Waals surface area contributed by atoms with Crippen molar-refractivity contribution in [1.82, 2.24) is 4.90 Å². The number of aldehydes is 1. The van der Waals surface area contributed by atoms with Crippen LogP contribution in [0, 0.1) is 0 Å². The Morgan fingerprint density at radius 1 is 1.03 bits per heavy atom. The molecule has 0 saturated carbocycles. The highest BCUT2D eigenvalue weighted by Crippen LogP contribution is 2.28. The molecule has 170 valence electrons. The first kappa shape index (κ1) is 23.4. The second-order valence-electron chi connectivity index (χ2n) is 7.28. The summed E-state index contributed by atoms with van der Waals surface area (Å²) in [5.74, 6) is 2.56. The molecule has 1 heterocycles. The molecule has 0 amide bonds. The summed E-state index contributed by atoms with van der Waals surface area (Å²) in [6.45, 7) is 3.82. The van der Waals surface area contributed by atoms with Gasteiger partial charge >= 0.3 is 0 Å². The van der Waals surface area contributed by atoms with Gasteiger partial charge in [0.2, 0.25) is 0 Å². The molecule has 1 unspecified atom stereocenters. The summed E-state index contributed by atoms with van der Waals surface area (Å²) in [5, 5.41) is 10.7. The lowest BCUT2D eigenvalue weighted by Crippen LogP contribution is -2.35. The zero-order valence-electron chi connectivity index (χ0n) is 18.4. The average molecular weight is 440 g/mol. The number of carbonyl (C=O) groups excluding carboxylic acids is 1. The summed E-state index contributed by atoms with van der Waals surface area (Å²) in [5.41, 5.74) is 1.51. The molecule has 0 saturated heterocycles. The molecular weight excluding hydrogens is 410 g/mol. The number of furan rings is 1. The number of carbonyl (C=O) groups is 1. The van der Waals surface area contributed by atoms with Crippen LogP contribution in [-0.2, 0) is 13.1 Å². The zero-order chi connectivity index (χ0) is 22.8. The van der Waals surface area contributed by atoms with Crippen LogP contribution in [0.3, 0.4) is 0 Å². The fourth-order valence-corrected chi connectivity index (χ4v) is 3.40. The summed E-state index contributed by atoms with van der Waals surface area (Å²) in [7, 11) is 1.64. The maximum Gasteiger partial charge on any atom is 0.161 e. The molecule has 0 bridgehead atoms. The molecule has 0 fully saturated rings. The van der Waals surface area contributed by atoms with Gasteiger partial charge in [-0.15, -0.1) is 0 Å². The van der Waals surface area contributed by atoms with Crippen LogP contribution < -0.4 is 14.2 Å². The lowest BCUT2D eigenvalue weighted by molar-refractivity contribution is 0.0591. The summed E-state index contributed by atoms with van der Waals surface area (Å²) in [4.78, 5) is 13.1. The molecule has 0 aliphatic heterocycles. The van der Waals surface area contributed by atoms with E-state index in [0.29, 0.717) is 43.3 Å². The van der Waals surface area contributed by atoms with Crippen molar-refractivity contribution in [2.24, 2.45) is 0 Å². The Bertz CT molecular complexity index is 972. The Morgan fingerprint density at radius 2 is 1.88 bits per heavy atom. The first-order valence-electron chi connectivity index (χ1n) is 10.5. The van der Waals surface area contributed by atoms with Crippen LogP contribution >= 0.6 is 0 Å². The smallest absolute Gasteiger partial charge is 0.161 e. The van der Waals surface area contributed by atoms with Crippen molar-refractivity contribution < 1.29 is 28.5 Å². The van der Waals surface area contributed by atoms with Crippen LogP contribution in [-0.4, -0.2) is 49.3 Å². The summed E-state index contributed by atoms with van der Waals surface area (Å²) in [6.07, 6.45) is 1.62. The van der Waals surface area contributed by atoms with E-state index in [2.05, 4.69) is 4.90 Å². The lowest BCUT2D eigenvalue weighted by atomic mass is 10.1. The fourth-order valence-electron chi connectivity index (χ4n) is 3.40. The largest absolute Gasteiger partial charge is 0.496 e. The minimum Gasteiger partial charge on any atom is -0.496 e. The molecule has 3 aromatic rings. The van der Waals surface area contributed by atoms with Gasteiger partial charge in [-0.1, -0.05) is 18.2 Å². The second kappa shape index (κ2) is 11.9. The first-order valence-corrected chi connectivity index (χ1v) is 10.5. The van der Waals surface area contributed by atoms with E-state index >= 15 is 0 Å². The second-order valence-corrected chi connectivity index (χ2v) is 7.28. The number of nitrogens with zero attached hydrogens (tertiary/aromatic N) is 1. The maximum absolute atomic E-state index is 11.0. The lowest BCUT2D eigenvalue weighted by Gasteiger charge is -2.25. The zero-order valence-corrected chi connectivity index (χ0v) is 18.4. The van der Waals surface area contributed by atoms with Gasteiger partial charge in [-0.25, -0.2) is 0 Å². The van der Waals surface area contributed by atoms with E-state index in [1.165, 1.54) is 0 Å². The predicted molar refractivity (Wildman–Crippen MR) is 120 cm³/mol.